The van der Waals surface area contributed by atoms with Crippen LogP contribution >= 0.6 is 11.3 Å². The van der Waals surface area contributed by atoms with Crippen molar-refractivity contribution in [2.75, 3.05) is 6.61 Å². The molecule has 0 aliphatic rings. The Morgan fingerprint density at radius 1 is 1.79 bits per heavy atom. The van der Waals surface area contributed by atoms with Crippen LogP contribution in [0.2, 0.25) is 0 Å². The zero-order valence-electron chi connectivity index (χ0n) is 7.84. The maximum absolute atomic E-state index is 11.0. The predicted octanol–water partition coefficient (Wildman–Crippen LogP) is 1.69. The molecule has 76 valence electrons. The van der Waals surface area contributed by atoms with Crippen molar-refractivity contribution in [3.05, 3.63) is 28.5 Å². The fourth-order valence-electron chi connectivity index (χ4n) is 0.878. The van der Waals surface area contributed by atoms with Crippen molar-refractivity contribution in [3.63, 3.8) is 0 Å². The van der Waals surface area contributed by atoms with Crippen LogP contribution < -0.4 is 0 Å². The van der Waals surface area contributed by atoms with Crippen LogP contribution in [0.5, 0.6) is 0 Å². The summed E-state index contributed by atoms with van der Waals surface area (Å²) in [5, 5.41) is 11.2. The minimum Gasteiger partial charge on any atom is -0.464 e. The summed E-state index contributed by atoms with van der Waals surface area (Å²) in [6, 6.07) is 3.81. The molecule has 1 unspecified atom stereocenters. The molecular formula is C10H12O3S. The molecule has 0 saturated heterocycles. The van der Waals surface area contributed by atoms with E-state index in [1.165, 1.54) is 17.4 Å². The molecule has 0 aliphatic carbocycles. The number of hydrogen-bond donors (Lipinski definition) is 1. The first kappa shape index (κ1) is 10.9. The number of esters is 1. The summed E-state index contributed by atoms with van der Waals surface area (Å²) in [6.07, 6.45) is 1.95. The average Bonchev–Trinajstić information content (AvgIpc) is 2.67. The number of ether oxygens (including phenoxy) is 1. The van der Waals surface area contributed by atoms with Gasteiger partial charge in [-0.2, -0.15) is 0 Å². The van der Waals surface area contributed by atoms with Gasteiger partial charge in [-0.05, 0) is 30.5 Å². The zero-order chi connectivity index (χ0) is 10.4. The van der Waals surface area contributed by atoms with Gasteiger partial charge < -0.3 is 9.84 Å². The lowest BCUT2D eigenvalue weighted by Gasteiger charge is -2.03. The predicted molar refractivity (Wildman–Crippen MR) is 56.0 cm³/mol. The van der Waals surface area contributed by atoms with Crippen molar-refractivity contribution in [2.24, 2.45) is 0 Å². The summed E-state index contributed by atoms with van der Waals surface area (Å²) in [7, 11) is 0. The van der Waals surface area contributed by atoms with Crippen molar-refractivity contribution in [2.45, 2.75) is 13.0 Å². The minimum absolute atomic E-state index is 0.280. The maximum atomic E-state index is 11.0. The van der Waals surface area contributed by atoms with Gasteiger partial charge in [0.25, 0.3) is 0 Å². The van der Waals surface area contributed by atoms with Gasteiger partial charge in [0.15, 0.2) is 6.10 Å². The molecular weight excluding hydrogens is 200 g/mol. The molecule has 0 radical (unpaired) electrons. The van der Waals surface area contributed by atoms with Crippen LogP contribution in [0.15, 0.2) is 23.6 Å². The molecule has 1 aromatic rings. The Kier molecular flexibility index (Phi) is 4.35. The van der Waals surface area contributed by atoms with E-state index < -0.39 is 12.1 Å². The molecule has 0 amide bonds. The summed E-state index contributed by atoms with van der Waals surface area (Å²) >= 11 is 1.54. The minimum atomic E-state index is -1.17. The molecule has 1 rings (SSSR count). The van der Waals surface area contributed by atoms with E-state index in [0.717, 1.165) is 4.88 Å². The molecule has 1 heterocycles. The number of thiophene rings is 1. The highest BCUT2D eigenvalue weighted by atomic mass is 32.1. The summed E-state index contributed by atoms with van der Waals surface area (Å²) in [5.41, 5.74) is 0. The molecule has 4 heteroatoms. The third kappa shape index (κ3) is 3.32. The fraction of sp³-hybridized carbons (Fsp3) is 0.300. The molecule has 0 bridgehead atoms. The van der Waals surface area contributed by atoms with Crippen molar-refractivity contribution in [1.82, 2.24) is 0 Å². The lowest BCUT2D eigenvalue weighted by atomic mass is 10.3. The van der Waals surface area contributed by atoms with Crippen LogP contribution in [-0.2, 0) is 9.53 Å². The number of aliphatic hydroxyl groups is 1. The largest absolute Gasteiger partial charge is 0.464 e. The molecule has 3 nitrogen and oxygen atoms in total. The number of hydrogen-bond acceptors (Lipinski definition) is 4. The molecule has 1 N–H and O–H groups in total. The molecule has 0 spiro atoms. The maximum Gasteiger partial charge on any atom is 0.339 e. The van der Waals surface area contributed by atoms with Gasteiger partial charge in [-0.1, -0.05) is 6.07 Å². The second-order valence-corrected chi connectivity index (χ2v) is 3.55. The van der Waals surface area contributed by atoms with Gasteiger partial charge in [-0.15, -0.1) is 11.3 Å². The van der Waals surface area contributed by atoms with Gasteiger partial charge in [0.2, 0.25) is 0 Å². The first-order chi connectivity index (χ1) is 6.74. The molecule has 14 heavy (non-hydrogen) atoms. The van der Waals surface area contributed by atoms with Crippen LogP contribution in [-0.4, -0.2) is 23.8 Å². The van der Waals surface area contributed by atoms with Crippen molar-refractivity contribution < 1.29 is 14.6 Å². The highest BCUT2D eigenvalue weighted by Crippen LogP contribution is 2.10. The molecule has 1 atom stereocenters. The summed E-state index contributed by atoms with van der Waals surface area (Å²) < 4.78 is 4.64. The normalized spacial score (nSPS) is 13.0. The second kappa shape index (κ2) is 5.57. The van der Waals surface area contributed by atoms with E-state index in [1.807, 2.05) is 17.5 Å². The molecule has 1 aromatic heterocycles. The van der Waals surface area contributed by atoms with Crippen molar-refractivity contribution >= 4 is 23.4 Å². The van der Waals surface area contributed by atoms with Gasteiger partial charge >= 0.3 is 5.97 Å². The van der Waals surface area contributed by atoms with E-state index in [4.69, 9.17) is 0 Å². The van der Waals surface area contributed by atoms with E-state index in [1.54, 1.807) is 13.0 Å². The van der Waals surface area contributed by atoms with Gasteiger partial charge in [-0.25, -0.2) is 4.79 Å². The number of aliphatic hydroxyl groups excluding tert-OH is 1. The summed E-state index contributed by atoms with van der Waals surface area (Å²) in [4.78, 5) is 12.0. The van der Waals surface area contributed by atoms with Crippen LogP contribution in [0.4, 0.5) is 0 Å². The van der Waals surface area contributed by atoms with Crippen LogP contribution in [0, 0.1) is 0 Å². The highest BCUT2D eigenvalue weighted by Gasteiger charge is 2.11. The summed E-state index contributed by atoms with van der Waals surface area (Å²) in [5.74, 6) is -0.611. The average molecular weight is 212 g/mol. The fourth-order valence-corrected chi connectivity index (χ4v) is 1.51. The topological polar surface area (TPSA) is 46.5 Å². The van der Waals surface area contributed by atoms with Crippen molar-refractivity contribution in [1.29, 1.82) is 0 Å². The van der Waals surface area contributed by atoms with Crippen LogP contribution in [0.1, 0.15) is 11.8 Å². The van der Waals surface area contributed by atoms with E-state index in [9.17, 15) is 9.90 Å². The third-order valence-corrected chi connectivity index (χ3v) is 2.35. The third-order valence-electron chi connectivity index (χ3n) is 1.51. The quantitative estimate of drug-likeness (QED) is 0.772. The first-order valence-corrected chi connectivity index (χ1v) is 5.18. The Labute approximate surface area is 86.6 Å². The summed E-state index contributed by atoms with van der Waals surface area (Å²) in [6.45, 7) is 1.98. The Morgan fingerprint density at radius 3 is 3.14 bits per heavy atom. The molecule has 0 aliphatic heterocycles. The Hall–Kier alpha value is -1.13. The Bertz CT molecular complexity index is 303. The van der Waals surface area contributed by atoms with Gasteiger partial charge in [-0.3, -0.25) is 0 Å². The lowest BCUT2D eigenvalue weighted by Crippen LogP contribution is -2.20. The molecule has 0 saturated carbocycles. The van der Waals surface area contributed by atoms with Crippen LogP contribution in [0.25, 0.3) is 6.08 Å². The van der Waals surface area contributed by atoms with E-state index in [0.29, 0.717) is 0 Å². The highest BCUT2D eigenvalue weighted by molar-refractivity contribution is 7.10. The second-order valence-electron chi connectivity index (χ2n) is 2.57. The first-order valence-electron chi connectivity index (χ1n) is 4.30. The van der Waals surface area contributed by atoms with Crippen molar-refractivity contribution in [3.8, 4) is 0 Å². The standard InChI is InChI=1S/C10H12O3S/c1-2-13-10(12)9(11)6-5-8-4-3-7-14-8/h3-7,9,11H,2H2,1H3/b6-5+. The number of carbonyl (C=O) groups excluding carboxylic acids is 1. The number of carbonyl (C=O) groups is 1. The Balaban J connectivity index is 2.47. The van der Waals surface area contributed by atoms with Crippen LogP contribution in [0.3, 0.4) is 0 Å². The van der Waals surface area contributed by atoms with Gasteiger partial charge in [0.05, 0.1) is 6.61 Å². The SMILES string of the molecule is CCOC(=O)C(O)/C=C/c1cccs1. The van der Waals surface area contributed by atoms with E-state index in [-0.39, 0.29) is 6.61 Å². The molecule has 0 aromatic carbocycles. The van der Waals surface area contributed by atoms with Gasteiger partial charge in [0.1, 0.15) is 0 Å². The smallest absolute Gasteiger partial charge is 0.339 e. The van der Waals surface area contributed by atoms with Gasteiger partial charge in [0, 0.05) is 4.88 Å². The lowest BCUT2D eigenvalue weighted by molar-refractivity contribution is -0.150. The van der Waals surface area contributed by atoms with E-state index in [2.05, 4.69) is 4.74 Å². The number of rotatable bonds is 4. The zero-order valence-corrected chi connectivity index (χ0v) is 8.66. The Morgan fingerprint density at radius 2 is 2.57 bits per heavy atom. The monoisotopic (exact) mass is 212 g/mol. The van der Waals surface area contributed by atoms with E-state index >= 15 is 0 Å². The molecule has 0 fully saturated rings.